The molecule has 4 heterocycles. The van der Waals surface area contributed by atoms with Crippen molar-refractivity contribution in [1.82, 2.24) is 19.9 Å². The number of aromatic nitrogens is 3. The van der Waals surface area contributed by atoms with Gasteiger partial charge in [-0.25, -0.2) is 9.78 Å². The minimum absolute atomic E-state index is 0.0473. The normalized spacial score (nSPS) is 20.8. The van der Waals surface area contributed by atoms with Gasteiger partial charge in [-0.3, -0.25) is 14.8 Å². The standard InChI is InChI=1S/C17H19N5O.C2HF3O2/c23-17(15-3-1-2-5-19-15)22-10-13-4-8-21(11-14(13)12-22)16-9-18-6-7-20-16;3-2(4,5)1(6)7/h1-3,5-7,9,13-14H,4,8,10-12H2;(H,6,7)/t13-,14+;/m0./s1. The van der Waals surface area contributed by atoms with E-state index in [1.807, 2.05) is 23.2 Å². The van der Waals surface area contributed by atoms with Crippen LogP contribution in [0.2, 0.25) is 0 Å². The molecule has 0 radical (unpaired) electrons. The Labute approximate surface area is 170 Å². The predicted octanol–water partition coefficient (Wildman–Crippen LogP) is 2.10. The lowest BCUT2D eigenvalue weighted by molar-refractivity contribution is -0.192. The number of alkyl halides is 3. The van der Waals surface area contributed by atoms with E-state index in [4.69, 9.17) is 9.90 Å². The molecule has 30 heavy (non-hydrogen) atoms. The highest BCUT2D eigenvalue weighted by Gasteiger charge is 2.40. The number of piperidine rings is 1. The van der Waals surface area contributed by atoms with Crippen molar-refractivity contribution in [3.8, 4) is 0 Å². The number of carboxylic acid groups (broad SMARTS) is 1. The molecule has 2 aromatic heterocycles. The Balaban J connectivity index is 0.000000318. The summed E-state index contributed by atoms with van der Waals surface area (Å²) < 4.78 is 31.7. The van der Waals surface area contributed by atoms with Crippen LogP contribution in [0.1, 0.15) is 16.9 Å². The number of halogens is 3. The van der Waals surface area contributed by atoms with Gasteiger partial charge in [-0.15, -0.1) is 0 Å². The first-order valence-corrected chi connectivity index (χ1v) is 9.27. The van der Waals surface area contributed by atoms with Crippen molar-refractivity contribution in [2.24, 2.45) is 11.8 Å². The Bertz CT molecular complexity index is 867. The van der Waals surface area contributed by atoms with Gasteiger partial charge in [-0.2, -0.15) is 13.2 Å². The van der Waals surface area contributed by atoms with Crippen LogP contribution in [0.15, 0.2) is 43.0 Å². The molecule has 2 aromatic rings. The molecule has 0 bridgehead atoms. The summed E-state index contributed by atoms with van der Waals surface area (Å²) in [6, 6.07) is 5.48. The third kappa shape index (κ3) is 5.22. The van der Waals surface area contributed by atoms with Crippen molar-refractivity contribution in [3.05, 3.63) is 48.7 Å². The first-order chi connectivity index (χ1) is 14.3. The van der Waals surface area contributed by atoms with Gasteiger partial charge >= 0.3 is 12.1 Å². The van der Waals surface area contributed by atoms with Crippen LogP contribution in [0, 0.1) is 11.8 Å². The van der Waals surface area contributed by atoms with E-state index < -0.39 is 12.1 Å². The highest BCUT2D eigenvalue weighted by Crippen LogP contribution is 2.33. The minimum Gasteiger partial charge on any atom is -0.475 e. The summed E-state index contributed by atoms with van der Waals surface area (Å²) in [4.78, 5) is 38.4. The number of carbonyl (C=O) groups excluding carboxylic acids is 1. The number of nitrogens with zero attached hydrogens (tertiary/aromatic N) is 5. The Morgan fingerprint density at radius 1 is 1.03 bits per heavy atom. The number of hydrogen-bond acceptors (Lipinski definition) is 6. The molecule has 160 valence electrons. The molecule has 11 heteroatoms. The lowest BCUT2D eigenvalue weighted by Gasteiger charge is -2.34. The molecule has 0 aliphatic carbocycles. The van der Waals surface area contributed by atoms with Crippen LogP contribution in [0.25, 0.3) is 0 Å². The van der Waals surface area contributed by atoms with Gasteiger partial charge < -0.3 is 14.9 Å². The van der Waals surface area contributed by atoms with Gasteiger partial charge in [0.05, 0.1) is 6.20 Å². The average molecular weight is 423 g/mol. The second kappa shape index (κ2) is 9.06. The van der Waals surface area contributed by atoms with E-state index in [0.29, 0.717) is 17.5 Å². The van der Waals surface area contributed by atoms with Crippen molar-refractivity contribution in [2.45, 2.75) is 12.6 Å². The second-order valence-electron chi connectivity index (χ2n) is 7.05. The maximum atomic E-state index is 12.6. The van der Waals surface area contributed by atoms with Gasteiger partial charge in [-0.05, 0) is 30.4 Å². The third-order valence-corrected chi connectivity index (χ3v) is 5.09. The summed E-state index contributed by atoms with van der Waals surface area (Å²) in [6.45, 7) is 3.56. The number of pyridine rings is 1. The molecule has 1 amide bonds. The van der Waals surface area contributed by atoms with Crippen molar-refractivity contribution in [1.29, 1.82) is 0 Å². The molecular formula is C19H20F3N5O3. The molecule has 0 aromatic carbocycles. The van der Waals surface area contributed by atoms with Gasteiger partial charge in [0.15, 0.2) is 0 Å². The summed E-state index contributed by atoms with van der Waals surface area (Å²) in [7, 11) is 0. The molecule has 2 aliphatic heterocycles. The van der Waals surface area contributed by atoms with E-state index in [0.717, 1.165) is 38.4 Å². The van der Waals surface area contributed by atoms with E-state index in [2.05, 4.69) is 19.9 Å². The number of aliphatic carboxylic acids is 1. The summed E-state index contributed by atoms with van der Waals surface area (Å²) in [5.74, 6) is -0.701. The number of likely N-dealkylation sites (tertiary alicyclic amines) is 1. The molecule has 0 spiro atoms. The van der Waals surface area contributed by atoms with Gasteiger partial charge in [0.2, 0.25) is 0 Å². The molecule has 2 aliphatic rings. The highest BCUT2D eigenvalue weighted by molar-refractivity contribution is 5.92. The lowest BCUT2D eigenvalue weighted by atomic mass is 9.89. The molecule has 2 fully saturated rings. The zero-order valence-electron chi connectivity index (χ0n) is 15.9. The fraction of sp³-hybridized carbons (Fsp3) is 0.421. The Morgan fingerprint density at radius 2 is 1.77 bits per heavy atom. The molecule has 8 nitrogen and oxygen atoms in total. The second-order valence-corrected chi connectivity index (χ2v) is 7.05. The summed E-state index contributed by atoms with van der Waals surface area (Å²) in [6.07, 6.45) is 2.91. The van der Waals surface area contributed by atoms with E-state index in [9.17, 15) is 18.0 Å². The fourth-order valence-electron chi connectivity index (χ4n) is 3.65. The molecular weight excluding hydrogens is 403 g/mol. The molecule has 0 unspecified atom stereocenters. The number of anilines is 1. The topological polar surface area (TPSA) is 99.5 Å². The van der Waals surface area contributed by atoms with Crippen LogP contribution in [0.4, 0.5) is 19.0 Å². The smallest absolute Gasteiger partial charge is 0.475 e. The molecule has 4 rings (SSSR count). The van der Waals surface area contributed by atoms with Crippen LogP contribution >= 0.6 is 0 Å². The number of rotatable bonds is 2. The third-order valence-electron chi connectivity index (χ3n) is 5.09. The number of carbonyl (C=O) groups is 2. The maximum Gasteiger partial charge on any atom is 0.490 e. The van der Waals surface area contributed by atoms with Crippen LogP contribution in [0.5, 0.6) is 0 Å². The molecule has 0 saturated carbocycles. The van der Waals surface area contributed by atoms with Gasteiger partial charge in [-0.1, -0.05) is 6.07 Å². The quantitative estimate of drug-likeness (QED) is 0.790. The fourth-order valence-corrected chi connectivity index (χ4v) is 3.65. The van der Waals surface area contributed by atoms with Crippen molar-refractivity contribution >= 4 is 17.7 Å². The van der Waals surface area contributed by atoms with Gasteiger partial charge in [0, 0.05) is 44.8 Å². The highest BCUT2D eigenvalue weighted by atomic mass is 19.4. The van der Waals surface area contributed by atoms with Crippen LogP contribution in [0.3, 0.4) is 0 Å². The van der Waals surface area contributed by atoms with Crippen molar-refractivity contribution < 1.29 is 27.9 Å². The SMILES string of the molecule is O=C(O)C(F)(F)F.O=C(c1ccccn1)N1C[C@@H]2CCN(c3cnccn3)C[C@@H]2C1. The Kier molecular flexibility index (Phi) is 6.48. The summed E-state index contributed by atoms with van der Waals surface area (Å²) in [5.41, 5.74) is 0.539. The van der Waals surface area contributed by atoms with Crippen LogP contribution in [-0.2, 0) is 4.79 Å². The monoisotopic (exact) mass is 423 g/mol. The largest absolute Gasteiger partial charge is 0.490 e. The molecule has 2 atom stereocenters. The van der Waals surface area contributed by atoms with Crippen LogP contribution in [-0.4, -0.2) is 69.2 Å². The van der Waals surface area contributed by atoms with Gasteiger partial charge in [0.1, 0.15) is 11.5 Å². The van der Waals surface area contributed by atoms with E-state index in [1.165, 1.54) is 0 Å². The zero-order valence-corrected chi connectivity index (χ0v) is 15.9. The van der Waals surface area contributed by atoms with Crippen LogP contribution < -0.4 is 4.90 Å². The summed E-state index contributed by atoms with van der Waals surface area (Å²) >= 11 is 0. The first-order valence-electron chi connectivity index (χ1n) is 9.27. The van der Waals surface area contributed by atoms with E-state index >= 15 is 0 Å². The summed E-state index contributed by atoms with van der Waals surface area (Å²) in [5, 5.41) is 7.12. The predicted molar refractivity (Wildman–Crippen MR) is 99.7 cm³/mol. The number of carboxylic acids is 1. The Hall–Kier alpha value is -3.24. The van der Waals surface area contributed by atoms with E-state index in [1.54, 1.807) is 24.7 Å². The number of fused-ring (bicyclic) bond motifs is 1. The van der Waals surface area contributed by atoms with Crippen molar-refractivity contribution in [2.75, 3.05) is 31.1 Å². The van der Waals surface area contributed by atoms with E-state index in [-0.39, 0.29) is 5.91 Å². The molecule has 2 saturated heterocycles. The van der Waals surface area contributed by atoms with Gasteiger partial charge in [0.25, 0.3) is 5.91 Å². The zero-order chi connectivity index (χ0) is 21.7. The first kappa shape index (κ1) is 21.5. The minimum atomic E-state index is -5.08. The number of amides is 1. The number of hydrogen-bond donors (Lipinski definition) is 1. The molecule has 1 N–H and O–H groups in total. The Morgan fingerprint density at radius 3 is 2.37 bits per heavy atom. The van der Waals surface area contributed by atoms with Crippen molar-refractivity contribution in [3.63, 3.8) is 0 Å². The average Bonchev–Trinajstić information content (AvgIpc) is 3.17. The maximum absolute atomic E-state index is 12.6. The lowest BCUT2D eigenvalue weighted by Crippen LogP contribution is -2.40.